The smallest absolute Gasteiger partial charge is 0.207 e. The van der Waals surface area contributed by atoms with Crippen molar-refractivity contribution in [1.29, 1.82) is 0 Å². The van der Waals surface area contributed by atoms with Crippen LogP contribution in [0.3, 0.4) is 0 Å². The molecule has 5 heteroatoms. The van der Waals surface area contributed by atoms with Crippen LogP contribution in [0.1, 0.15) is 24.9 Å². The predicted octanol–water partition coefficient (Wildman–Crippen LogP) is 5.90. The van der Waals surface area contributed by atoms with Crippen LogP contribution in [0.5, 0.6) is 0 Å². The summed E-state index contributed by atoms with van der Waals surface area (Å²) in [6.45, 7) is 2.08. The molecule has 1 aromatic heterocycles. The maximum Gasteiger partial charge on any atom is 0.207 e. The van der Waals surface area contributed by atoms with Gasteiger partial charge in [0.2, 0.25) is 5.13 Å². The van der Waals surface area contributed by atoms with E-state index in [-0.39, 0.29) is 6.04 Å². The van der Waals surface area contributed by atoms with Gasteiger partial charge in [0.05, 0.1) is 11.7 Å². The molecule has 1 aliphatic heterocycles. The lowest BCUT2D eigenvalue weighted by molar-refractivity contribution is 0.706. The van der Waals surface area contributed by atoms with Crippen molar-refractivity contribution in [1.82, 2.24) is 4.98 Å². The highest BCUT2D eigenvalue weighted by atomic mass is 79.9. The van der Waals surface area contributed by atoms with Crippen molar-refractivity contribution in [3.63, 3.8) is 0 Å². The van der Waals surface area contributed by atoms with Crippen molar-refractivity contribution in [2.24, 2.45) is 5.10 Å². The highest BCUT2D eigenvalue weighted by molar-refractivity contribution is 9.10. The summed E-state index contributed by atoms with van der Waals surface area (Å²) in [6, 6.07) is 19.0. The Morgan fingerprint density at radius 3 is 2.58 bits per heavy atom. The number of hydrazone groups is 1. The number of halogens is 1. The van der Waals surface area contributed by atoms with Crippen LogP contribution in [0.4, 0.5) is 5.13 Å². The molecule has 0 amide bonds. The zero-order valence-corrected chi connectivity index (χ0v) is 15.6. The van der Waals surface area contributed by atoms with E-state index in [9.17, 15) is 0 Å². The highest BCUT2D eigenvalue weighted by Gasteiger charge is 2.29. The molecule has 0 bridgehead atoms. The van der Waals surface area contributed by atoms with Gasteiger partial charge in [0.25, 0.3) is 0 Å². The van der Waals surface area contributed by atoms with Crippen LogP contribution < -0.4 is 5.01 Å². The molecule has 1 aliphatic rings. The third-order valence-electron chi connectivity index (χ3n) is 4.07. The van der Waals surface area contributed by atoms with Crippen molar-refractivity contribution in [2.75, 3.05) is 5.01 Å². The largest absolute Gasteiger partial charge is 0.231 e. The molecule has 0 saturated heterocycles. The van der Waals surface area contributed by atoms with E-state index in [1.807, 2.05) is 18.2 Å². The van der Waals surface area contributed by atoms with E-state index in [1.54, 1.807) is 11.3 Å². The van der Waals surface area contributed by atoms with Crippen LogP contribution in [-0.4, -0.2) is 10.7 Å². The van der Waals surface area contributed by atoms with Gasteiger partial charge in [0.15, 0.2) is 0 Å². The molecule has 1 atom stereocenters. The second-order valence-corrected chi connectivity index (χ2v) is 7.58. The molecule has 0 fully saturated rings. The van der Waals surface area contributed by atoms with Crippen LogP contribution in [0.2, 0.25) is 0 Å². The fourth-order valence-electron chi connectivity index (χ4n) is 2.89. The van der Waals surface area contributed by atoms with E-state index in [1.165, 1.54) is 5.56 Å². The van der Waals surface area contributed by atoms with Crippen LogP contribution in [0.15, 0.2) is 69.6 Å². The van der Waals surface area contributed by atoms with Crippen molar-refractivity contribution < 1.29 is 0 Å². The number of aromatic nitrogens is 1. The van der Waals surface area contributed by atoms with Gasteiger partial charge in [-0.25, -0.2) is 9.99 Å². The lowest BCUT2D eigenvalue weighted by atomic mass is 10.0. The molecular weight excluding hydrogens is 382 g/mol. The molecule has 4 rings (SSSR count). The number of hydrogen-bond acceptors (Lipinski definition) is 4. The second-order valence-electron chi connectivity index (χ2n) is 5.83. The van der Waals surface area contributed by atoms with Gasteiger partial charge < -0.3 is 0 Å². The molecule has 2 heterocycles. The van der Waals surface area contributed by atoms with Gasteiger partial charge in [0, 0.05) is 27.5 Å². The molecule has 3 nitrogen and oxygen atoms in total. The van der Waals surface area contributed by atoms with Gasteiger partial charge in [-0.05, 0) is 24.6 Å². The number of nitrogens with zero attached hydrogens (tertiary/aromatic N) is 3. The zero-order chi connectivity index (χ0) is 16.5. The van der Waals surface area contributed by atoms with Crippen LogP contribution in [0, 0.1) is 0 Å². The quantitative estimate of drug-likeness (QED) is 0.550. The molecule has 0 N–H and O–H groups in total. The van der Waals surface area contributed by atoms with Crippen LogP contribution in [-0.2, 0) is 0 Å². The minimum absolute atomic E-state index is 0.216. The van der Waals surface area contributed by atoms with E-state index in [0.717, 1.165) is 33.0 Å². The fourth-order valence-corrected chi connectivity index (χ4v) is 3.99. The maximum absolute atomic E-state index is 4.82. The number of benzene rings is 2. The third-order valence-corrected chi connectivity index (χ3v) is 5.43. The molecule has 0 spiro atoms. The third kappa shape index (κ3) is 3.01. The second kappa shape index (κ2) is 6.49. The average molecular weight is 398 g/mol. The molecule has 0 unspecified atom stereocenters. The fraction of sp³-hybridized carbons (Fsp3) is 0.158. The standard InChI is InChI=1S/C19H16BrN3S/c1-13-11-18(15-7-9-16(20)10-8-15)23(22-13)19-21-17(12-24-19)14-5-3-2-4-6-14/h2-10,12,18H,11H2,1H3/t18-/m0/s1. The monoisotopic (exact) mass is 397 g/mol. The Morgan fingerprint density at radius 1 is 1.08 bits per heavy atom. The molecule has 0 aliphatic carbocycles. The predicted molar refractivity (Wildman–Crippen MR) is 105 cm³/mol. The first-order valence-corrected chi connectivity index (χ1v) is 9.48. The number of anilines is 1. The molecule has 3 aromatic rings. The summed E-state index contributed by atoms with van der Waals surface area (Å²) < 4.78 is 1.09. The van der Waals surface area contributed by atoms with E-state index in [4.69, 9.17) is 10.1 Å². The summed E-state index contributed by atoms with van der Waals surface area (Å²) in [6.07, 6.45) is 0.932. The Balaban J connectivity index is 1.66. The van der Waals surface area contributed by atoms with E-state index in [0.29, 0.717) is 0 Å². The Bertz CT molecular complexity index is 871. The minimum Gasteiger partial charge on any atom is -0.231 e. The van der Waals surface area contributed by atoms with Gasteiger partial charge in [-0.15, -0.1) is 11.3 Å². The van der Waals surface area contributed by atoms with E-state index in [2.05, 4.69) is 69.6 Å². The Hall–Kier alpha value is -1.98. The van der Waals surface area contributed by atoms with Gasteiger partial charge in [0.1, 0.15) is 0 Å². The van der Waals surface area contributed by atoms with Crippen LogP contribution in [0.25, 0.3) is 11.3 Å². The SMILES string of the molecule is CC1=NN(c2nc(-c3ccccc3)cs2)[C@H](c2ccc(Br)cc2)C1. The zero-order valence-electron chi connectivity index (χ0n) is 13.2. The van der Waals surface area contributed by atoms with Gasteiger partial charge in [-0.2, -0.15) is 5.10 Å². The average Bonchev–Trinajstić information content (AvgIpc) is 3.23. The molecule has 24 heavy (non-hydrogen) atoms. The maximum atomic E-state index is 4.82. The van der Waals surface area contributed by atoms with Crippen molar-refractivity contribution in [2.45, 2.75) is 19.4 Å². The summed E-state index contributed by atoms with van der Waals surface area (Å²) in [5.41, 5.74) is 4.54. The van der Waals surface area contributed by atoms with Crippen molar-refractivity contribution >= 4 is 38.1 Å². The summed E-state index contributed by atoms with van der Waals surface area (Å²) in [4.78, 5) is 4.82. The van der Waals surface area contributed by atoms with E-state index >= 15 is 0 Å². The summed E-state index contributed by atoms with van der Waals surface area (Å²) >= 11 is 5.15. The lowest BCUT2D eigenvalue weighted by Crippen LogP contribution is -2.18. The van der Waals surface area contributed by atoms with Crippen LogP contribution >= 0.6 is 27.3 Å². The summed E-state index contributed by atoms with van der Waals surface area (Å²) in [7, 11) is 0. The Labute approximate surface area is 153 Å². The van der Waals surface area contributed by atoms with Gasteiger partial charge >= 0.3 is 0 Å². The molecule has 2 aromatic carbocycles. The molecule has 0 saturated carbocycles. The first kappa shape index (κ1) is 15.5. The van der Waals surface area contributed by atoms with E-state index < -0.39 is 0 Å². The minimum atomic E-state index is 0.216. The van der Waals surface area contributed by atoms with Gasteiger partial charge in [-0.3, -0.25) is 0 Å². The molecule has 120 valence electrons. The topological polar surface area (TPSA) is 28.5 Å². The number of rotatable bonds is 3. The Kier molecular flexibility index (Phi) is 4.21. The number of thiazole rings is 1. The van der Waals surface area contributed by atoms with Crippen molar-refractivity contribution in [3.05, 3.63) is 70.0 Å². The number of hydrogen-bond donors (Lipinski definition) is 0. The lowest BCUT2D eigenvalue weighted by Gasteiger charge is -2.21. The molecular formula is C19H16BrN3S. The van der Waals surface area contributed by atoms with Crippen molar-refractivity contribution in [3.8, 4) is 11.3 Å². The van der Waals surface area contributed by atoms with Gasteiger partial charge in [-0.1, -0.05) is 58.4 Å². The Morgan fingerprint density at radius 2 is 1.83 bits per heavy atom. The summed E-state index contributed by atoms with van der Waals surface area (Å²) in [5, 5.41) is 9.84. The normalized spacial score (nSPS) is 17.2. The first-order chi connectivity index (χ1) is 11.7. The first-order valence-electron chi connectivity index (χ1n) is 7.80. The molecule has 0 radical (unpaired) electrons. The summed E-state index contributed by atoms with van der Waals surface area (Å²) in [5.74, 6) is 0. The highest BCUT2D eigenvalue weighted by Crippen LogP contribution is 2.38.